The zero-order valence-corrected chi connectivity index (χ0v) is 35.1. The van der Waals surface area contributed by atoms with Crippen LogP contribution in [0.4, 0.5) is 17.1 Å². The SMILES string of the molecule is c1ccc(-c2cc(N(c3ccc(-c4c(-c5ccccc5)ccc5ccccc45)cc3)c3cccc4ccccc34)ccc2-c2ccccc2-n2c3ccccc3c3ccccc32)cc1. The smallest absolute Gasteiger partial charge is 0.0541 e. The van der Waals surface area contributed by atoms with E-state index in [2.05, 4.69) is 264 Å². The topological polar surface area (TPSA) is 8.17 Å². The van der Waals surface area contributed by atoms with E-state index in [1.54, 1.807) is 0 Å². The second-order valence-corrected chi connectivity index (χ2v) is 16.4. The molecule has 0 aliphatic rings. The van der Waals surface area contributed by atoms with E-state index in [1.807, 2.05) is 0 Å². The summed E-state index contributed by atoms with van der Waals surface area (Å²) in [5.41, 5.74) is 16.3. The summed E-state index contributed by atoms with van der Waals surface area (Å²) in [7, 11) is 0. The van der Waals surface area contributed by atoms with Gasteiger partial charge in [0.15, 0.2) is 0 Å². The highest BCUT2D eigenvalue weighted by Gasteiger charge is 2.22. The summed E-state index contributed by atoms with van der Waals surface area (Å²) in [5.74, 6) is 0. The fraction of sp³-hybridized carbons (Fsp3) is 0. The van der Waals surface area contributed by atoms with Gasteiger partial charge in [0.2, 0.25) is 0 Å². The Labute approximate surface area is 373 Å². The third kappa shape index (κ3) is 6.35. The Kier molecular flexibility index (Phi) is 9.20. The molecule has 300 valence electrons. The largest absolute Gasteiger partial charge is 0.310 e. The van der Waals surface area contributed by atoms with Gasteiger partial charge >= 0.3 is 0 Å². The second-order valence-electron chi connectivity index (χ2n) is 16.4. The standard InChI is InChI=1S/C62H42N2/c1-3-18-44(19-4-1)52-40-36-46-23-8-10-26-51(46)62(52)47-34-37-48(38-35-47)63(58-33-17-24-43-22-7-9-25-50(43)58)49-39-41-53(57(42-49)45-20-5-2-6-21-45)54-27-11-14-30-59(54)64-60-31-15-12-28-55(60)56-29-13-16-32-61(56)64/h1-42H. The van der Waals surface area contributed by atoms with Crippen molar-refractivity contribution in [1.82, 2.24) is 4.57 Å². The number of benzene rings is 11. The van der Waals surface area contributed by atoms with Gasteiger partial charge in [0.05, 0.1) is 22.4 Å². The number of hydrogen-bond acceptors (Lipinski definition) is 1. The van der Waals surface area contributed by atoms with Crippen LogP contribution >= 0.6 is 0 Å². The summed E-state index contributed by atoms with van der Waals surface area (Å²) in [4.78, 5) is 2.43. The van der Waals surface area contributed by atoms with Crippen LogP contribution in [0.2, 0.25) is 0 Å². The van der Waals surface area contributed by atoms with E-state index < -0.39 is 0 Å². The maximum atomic E-state index is 2.44. The minimum absolute atomic E-state index is 1.08. The van der Waals surface area contributed by atoms with Crippen LogP contribution in [0.25, 0.3) is 93.5 Å². The molecule has 1 heterocycles. The van der Waals surface area contributed by atoms with Crippen molar-refractivity contribution in [1.29, 1.82) is 0 Å². The Morgan fingerprint density at radius 3 is 1.50 bits per heavy atom. The molecule has 11 aromatic carbocycles. The summed E-state index contributed by atoms with van der Waals surface area (Å²) in [5, 5.41) is 7.36. The van der Waals surface area contributed by atoms with Gasteiger partial charge in [-0.15, -0.1) is 0 Å². The number of para-hydroxylation sites is 3. The summed E-state index contributed by atoms with van der Waals surface area (Å²) < 4.78 is 2.44. The van der Waals surface area contributed by atoms with E-state index in [1.165, 1.54) is 76.7 Å². The number of nitrogens with zero attached hydrogens (tertiary/aromatic N) is 2. The molecule has 0 fully saturated rings. The minimum Gasteiger partial charge on any atom is -0.310 e. The first-order valence-electron chi connectivity index (χ1n) is 22.0. The molecule has 12 aromatic rings. The van der Waals surface area contributed by atoms with E-state index in [0.29, 0.717) is 0 Å². The number of aromatic nitrogens is 1. The third-order valence-electron chi connectivity index (χ3n) is 12.8. The van der Waals surface area contributed by atoms with Crippen molar-refractivity contribution in [2.45, 2.75) is 0 Å². The van der Waals surface area contributed by atoms with Crippen molar-refractivity contribution in [3.05, 3.63) is 255 Å². The second kappa shape index (κ2) is 15.8. The highest BCUT2D eigenvalue weighted by Crippen LogP contribution is 2.46. The number of fused-ring (bicyclic) bond motifs is 5. The number of rotatable bonds is 8. The van der Waals surface area contributed by atoms with Gasteiger partial charge in [-0.25, -0.2) is 0 Å². The first-order chi connectivity index (χ1) is 31.8. The monoisotopic (exact) mass is 814 g/mol. The molecule has 0 aliphatic carbocycles. The quantitative estimate of drug-likeness (QED) is 0.148. The Morgan fingerprint density at radius 1 is 0.281 bits per heavy atom. The van der Waals surface area contributed by atoms with E-state index in [4.69, 9.17) is 0 Å². The fourth-order valence-corrected chi connectivity index (χ4v) is 9.89. The van der Waals surface area contributed by atoms with Crippen molar-refractivity contribution >= 4 is 60.4 Å². The summed E-state index contributed by atoms with van der Waals surface area (Å²) in [6.45, 7) is 0. The van der Waals surface area contributed by atoms with Crippen LogP contribution in [0.15, 0.2) is 255 Å². The average Bonchev–Trinajstić information content (AvgIpc) is 3.71. The Balaban J connectivity index is 1.06. The lowest BCUT2D eigenvalue weighted by Gasteiger charge is -2.28. The van der Waals surface area contributed by atoms with Gasteiger partial charge in [0, 0.05) is 33.1 Å². The fourth-order valence-electron chi connectivity index (χ4n) is 9.89. The van der Waals surface area contributed by atoms with Crippen molar-refractivity contribution in [2.75, 3.05) is 4.90 Å². The molecule has 12 rings (SSSR count). The lowest BCUT2D eigenvalue weighted by atomic mass is 9.89. The van der Waals surface area contributed by atoms with E-state index >= 15 is 0 Å². The van der Waals surface area contributed by atoms with Gasteiger partial charge in [-0.1, -0.05) is 206 Å². The predicted octanol–water partition coefficient (Wildman–Crippen LogP) is 17.2. The molecule has 0 N–H and O–H groups in total. The predicted molar refractivity (Wildman–Crippen MR) is 272 cm³/mol. The lowest BCUT2D eigenvalue weighted by Crippen LogP contribution is -2.11. The minimum atomic E-state index is 1.08. The van der Waals surface area contributed by atoms with Crippen LogP contribution in [0, 0.1) is 0 Å². The normalized spacial score (nSPS) is 11.4. The van der Waals surface area contributed by atoms with Crippen LogP contribution in [0.5, 0.6) is 0 Å². The highest BCUT2D eigenvalue weighted by molar-refractivity contribution is 6.10. The zero-order chi connectivity index (χ0) is 42.4. The number of hydrogen-bond donors (Lipinski definition) is 0. The molecule has 0 unspecified atom stereocenters. The zero-order valence-electron chi connectivity index (χ0n) is 35.1. The van der Waals surface area contributed by atoms with Crippen molar-refractivity contribution in [2.24, 2.45) is 0 Å². The maximum absolute atomic E-state index is 2.44. The summed E-state index contributed by atoms with van der Waals surface area (Å²) in [6.07, 6.45) is 0. The molecule has 0 saturated heterocycles. The first kappa shape index (κ1) is 37.3. The molecule has 0 radical (unpaired) electrons. The summed E-state index contributed by atoms with van der Waals surface area (Å²) in [6, 6.07) is 92.8. The highest BCUT2D eigenvalue weighted by atomic mass is 15.1. The number of anilines is 3. The molecule has 64 heavy (non-hydrogen) atoms. The third-order valence-corrected chi connectivity index (χ3v) is 12.8. The van der Waals surface area contributed by atoms with Gasteiger partial charge in [0.1, 0.15) is 0 Å². The van der Waals surface area contributed by atoms with Crippen molar-refractivity contribution in [3.8, 4) is 50.2 Å². The van der Waals surface area contributed by atoms with Crippen LogP contribution in [0.1, 0.15) is 0 Å². The molecule has 1 aromatic heterocycles. The summed E-state index contributed by atoms with van der Waals surface area (Å²) >= 11 is 0. The van der Waals surface area contributed by atoms with Gasteiger partial charge in [-0.05, 0) is 104 Å². The van der Waals surface area contributed by atoms with Crippen LogP contribution in [-0.4, -0.2) is 4.57 Å². The molecule has 0 amide bonds. The van der Waals surface area contributed by atoms with Crippen LogP contribution in [-0.2, 0) is 0 Å². The van der Waals surface area contributed by atoms with Gasteiger partial charge < -0.3 is 9.47 Å². The van der Waals surface area contributed by atoms with Crippen LogP contribution < -0.4 is 4.90 Å². The molecular formula is C62H42N2. The lowest BCUT2D eigenvalue weighted by molar-refractivity contribution is 1.18. The van der Waals surface area contributed by atoms with Crippen molar-refractivity contribution < 1.29 is 0 Å². The molecule has 0 bridgehead atoms. The Hall–Kier alpha value is -8.46. The molecular weight excluding hydrogens is 773 g/mol. The first-order valence-corrected chi connectivity index (χ1v) is 22.0. The molecule has 0 saturated carbocycles. The van der Waals surface area contributed by atoms with E-state index in [0.717, 1.165) is 33.9 Å². The Bertz CT molecular complexity index is 3600. The van der Waals surface area contributed by atoms with Gasteiger partial charge in [-0.2, -0.15) is 0 Å². The molecule has 0 spiro atoms. The Morgan fingerprint density at radius 2 is 0.797 bits per heavy atom. The molecule has 0 aliphatic heterocycles. The van der Waals surface area contributed by atoms with E-state index in [9.17, 15) is 0 Å². The van der Waals surface area contributed by atoms with Gasteiger partial charge in [0.25, 0.3) is 0 Å². The van der Waals surface area contributed by atoms with Gasteiger partial charge in [-0.3, -0.25) is 0 Å². The molecule has 0 atom stereocenters. The average molecular weight is 815 g/mol. The molecule has 2 nitrogen and oxygen atoms in total. The van der Waals surface area contributed by atoms with E-state index in [-0.39, 0.29) is 0 Å². The van der Waals surface area contributed by atoms with Crippen LogP contribution in [0.3, 0.4) is 0 Å². The van der Waals surface area contributed by atoms with Crippen molar-refractivity contribution in [3.63, 3.8) is 0 Å². The molecule has 2 heteroatoms. The maximum Gasteiger partial charge on any atom is 0.0541 e.